The summed E-state index contributed by atoms with van der Waals surface area (Å²) < 4.78 is 5.74. The van der Waals surface area contributed by atoms with Gasteiger partial charge in [0.2, 0.25) is 0 Å². The molecule has 5 heteroatoms. The number of thiophene rings is 1. The van der Waals surface area contributed by atoms with Gasteiger partial charge in [-0.05, 0) is 31.4 Å². The van der Waals surface area contributed by atoms with Crippen molar-refractivity contribution in [3.05, 3.63) is 21.9 Å². The second-order valence-corrected chi connectivity index (χ2v) is 6.11. The topological polar surface area (TPSA) is 49.8 Å². The lowest BCUT2D eigenvalue weighted by atomic mass is 10.1. The highest BCUT2D eigenvalue weighted by Crippen LogP contribution is 2.31. The van der Waals surface area contributed by atoms with Crippen molar-refractivity contribution in [3.63, 3.8) is 0 Å². The number of ether oxygens (including phenoxy) is 1. The lowest BCUT2D eigenvalue weighted by molar-refractivity contribution is -0.0443. The fraction of sp³-hybridized carbons (Fsp3) is 0.533. The highest BCUT2D eigenvalue weighted by Gasteiger charge is 2.38. The number of amides is 1. The molecule has 2 fully saturated rings. The van der Waals surface area contributed by atoms with E-state index in [0.29, 0.717) is 13.2 Å². The van der Waals surface area contributed by atoms with Crippen molar-refractivity contribution >= 4 is 17.2 Å². The van der Waals surface area contributed by atoms with E-state index < -0.39 is 0 Å². The van der Waals surface area contributed by atoms with Gasteiger partial charge in [0.25, 0.3) is 5.91 Å². The van der Waals surface area contributed by atoms with Gasteiger partial charge in [0, 0.05) is 6.54 Å². The fourth-order valence-electron chi connectivity index (χ4n) is 2.97. The van der Waals surface area contributed by atoms with Crippen LogP contribution in [0, 0.1) is 11.8 Å². The molecule has 2 aliphatic rings. The van der Waals surface area contributed by atoms with Crippen LogP contribution in [-0.4, -0.2) is 47.8 Å². The molecule has 1 amide bonds. The van der Waals surface area contributed by atoms with Crippen molar-refractivity contribution in [1.29, 1.82) is 0 Å². The Labute approximate surface area is 122 Å². The van der Waals surface area contributed by atoms with Gasteiger partial charge in [-0.15, -0.1) is 11.3 Å². The first-order chi connectivity index (χ1) is 9.79. The van der Waals surface area contributed by atoms with E-state index in [9.17, 15) is 4.79 Å². The number of rotatable bonds is 1. The van der Waals surface area contributed by atoms with E-state index in [-0.39, 0.29) is 24.7 Å². The van der Waals surface area contributed by atoms with Crippen LogP contribution < -0.4 is 0 Å². The fourth-order valence-corrected chi connectivity index (χ4v) is 3.80. The summed E-state index contributed by atoms with van der Waals surface area (Å²) in [4.78, 5) is 16.1. The van der Waals surface area contributed by atoms with Crippen LogP contribution in [0.1, 0.15) is 33.8 Å². The van der Waals surface area contributed by atoms with Gasteiger partial charge in [0.15, 0.2) is 0 Å². The predicted molar refractivity (Wildman–Crippen MR) is 76.7 cm³/mol. The van der Waals surface area contributed by atoms with E-state index in [2.05, 4.69) is 11.8 Å². The number of carbonyl (C=O) groups is 1. The molecular weight excluding hydrogens is 274 g/mol. The Morgan fingerprint density at radius 1 is 1.50 bits per heavy atom. The SMILES string of the molecule is O=C(c1ccc(C#CCO)s1)N1CCOC2CCCC21. The third kappa shape index (κ3) is 2.59. The molecule has 1 saturated carbocycles. The van der Waals surface area contributed by atoms with Gasteiger partial charge < -0.3 is 14.7 Å². The smallest absolute Gasteiger partial charge is 0.264 e. The van der Waals surface area contributed by atoms with Crippen molar-refractivity contribution < 1.29 is 14.6 Å². The minimum absolute atomic E-state index is 0.0900. The van der Waals surface area contributed by atoms with Crippen molar-refractivity contribution in [2.75, 3.05) is 19.8 Å². The number of hydrogen-bond acceptors (Lipinski definition) is 4. The van der Waals surface area contributed by atoms with Crippen molar-refractivity contribution in [2.24, 2.45) is 0 Å². The molecule has 0 radical (unpaired) electrons. The average Bonchev–Trinajstić information content (AvgIpc) is 3.12. The minimum atomic E-state index is -0.158. The molecule has 1 aromatic heterocycles. The number of fused-ring (bicyclic) bond motifs is 1. The van der Waals surface area contributed by atoms with E-state index in [4.69, 9.17) is 9.84 Å². The molecule has 20 heavy (non-hydrogen) atoms. The van der Waals surface area contributed by atoms with Crippen LogP contribution in [0.2, 0.25) is 0 Å². The van der Waals surface area contributed by atoms with E-state index in [0.717, 1.165) is 29.0 Å². The first kappa shape index (κ1) is 13.6. The Kier molecular flexibility index (Phi) is 4.06. The monoisotopic (exact) mass is 291 g/mol. The van der Waals surface area contributed by atoms with Crippen molar-refractivity contribution in [2.45, 2.75) is 31.4 Å². The van der Waals surface area contributed by atoms with Gasteiger partial charge >= 0.3 is 0 Å². The summed E-state index contributed by atoms with van der Waals surface area (Å²) in [7, 11) is 0. The van der Waals surface area contributed by atoms with Crippen molar-refractivity contribution in [1.82, 2.24) is 4.90 Å². The quantitative estimate of drug-likeness (QED) is 0.798. The van der Waals surface area contributed by atoms with Crippen molar-refractivity contribution in [3.8, 4) is 11.8 Å². The van der Waals surface area contributed by atoms with Crippen LogP contribution >= 0.6 is 11.3 Å². The summed E-state index contributed by atoms with van der Waals surface area (Å²) in [5.74, 6) is 5.54. The van der Waals surface area contributed by atoms with Crippen LogP contribution in [0.3, 0.4) is 0 Å². The zero-order valence-corrected chi connectivity index (χ0v) is 12.0. The molecule has 0 aromatic carbocycles. The van der Waals surface area contributed by atoms with E-state index in [1.165, 1.54) is 11.3 Å². The number of carbonyl (C=O) groups excluding carboxylic acids is 1. The Bertz CT molecular complexity index is 557. The lowest BCUT2D eigenvalue weighted by Crippen LogP contribution is -2.51. The maximum Gasteiger partial charge on any atom is 0.264 e. The zero-order valence-electron chi connectivity index (χ0n) is 11.2. The highest BCUT2D eigenvalue weighted by molar-refractivity contribution is 7.14. The van der Waals surface area contributed by atoms with Crippen LogP contribution in [0.15, 0.2) is 12.1 Å². The summed E-state index contributed by atoms with van der Waals surface area (Å²) in [6.45, 7) is 1.15. The molecule has 0 spiro atoms. The number of nitrogens with zero attached hydrogens (tertiary/aromatic N) is 1. The number of morpholine rings is 1. The molecule has 1 aliphatic carbocycles. The van der Waals surface area contributed by atoms with Gasteiger partial charge in [0.05, 0.1) is 28.5 Å². The number of aliphatic hydroxyl groups excluding tert-OH is 1. The number of hydrogen-bond donors (Lipinski definition) is 1. The minimum Gasteiger partial charge on any atom is -0.384 e. The largest absolute Gasteiger partial charge is 0.384 e. The van der Waals surface area contributed by atoms with E-state index >= 15 is 0 Å². The molecule has 2 atom stereocenters. The average molecular weight is 291 g/mol. The third-order valence-electron chi connectivity index (χ3n) is 3.85. The van der Waals surface area contributed by atoms with Crippen LogP contribution in [0.4, 0.5) is 0 Å². The second kappa shape index (κ2) is 5.96. The van der Waals surface area contributed by atoms with Crippen LogP contribution in [0.5, 0.6) is 0 Å². The Hall–Kier alpha value is -1.35. The first-order valence-corrected chi connectivity index (χ1v) is 7.73. The molecule has 1 saturated heterocycles. The number of aliphatic hydroxyl groups is 1. The maximum absolute atomic E-state index is 12.6. The predicted octanol–water partition coefficient (Wildman–Crippen LogP) is 1.49. The van der Waals surface area contributed by atoms with Gasteiger partial charge in [-0.3, -0.25) is 4.79 Å². The molecule has 4 nitrogen and oxygen atoms in total. The van der Waals surface area contributed by atoms with Gasteiger partial charge in [-0.25, -0.2) is 0 Å². The maximum atomic E-state index is 12.6. The first-order valence-electron chi connectivity index (χ1n) is 6.92. The van der Waals surface area contributed by atoms with E-state index in [1.807, 2.05) is 17.0 Å². The van der Waals surface area contributed by atoms with Crippen LogP contribution in [0.25, 0.3) is 0 Å². The van der Waals surface area contributed by atoms with Gasteiger partial charge in [-0.1, -0.05) is 11.8 Å². The molecule has 3 rings (SSSR count). The Morgan fingerprint density at radius 2 is 2.40 bits per heavy atom. The summed E-state index contributed by atoms with van der Waals surface area (Å²) in [5.41, 5.74) is 0. The molecular formula is C15H17NO3S. The van der Waals surface area contributed by atoms with Gasteiger partial charge in [0.1, 0.15) is 6.61 Å². The third-order valence-corrected chi connectivity index (χ3v) is 4.84. The summed E-state index contributed by atoms with van der Waals surface area (Å²) in [6.07, 6.45) is 3.46. The molecule has 106 valence electrons. The highest BCUT2D eigenvalue weighted by atomic mass is 32.1. The zero-order chi connectivity index (χ0) is 13.9. The molecule has 1 aliphatic heterocycles. The standard InChI is InChI=1S/C15H17NO3S/c17-9-2-3-11-6-7-14(20-11)15(18)16-8-10-19-13-5-1-4-12(13)16/h6-7,12-13,17H,1,4-5,8-10H2. The summed E-state index contributed by atoms with van der Waals surface area (Å²) in [6, 6.07) is 3.91. The Balaban J connectivity index is 1.76. The molecule has 0 bridgehead atoms. The summed E-state index contributed by atoms with van der Waals surface area (Å²) in [5, 5.41) is 8.69. The Morgan fingerprint density at radius 3 is 3.25 bits per heavy atom. The molecule has 1 aromatic rings. The molecule has 2 unspecified atom stereocenters. The van der Waals surface area contributed by atoms with Crippen LogP contribution in [-0.2, 0) is 4.74 Å². The molecule has 1 N–H and O–H groups in total. The molecule has 2 heterocycles. The lowest BCUT2D eigenvalue weighted by Gasteiger charge is -2.37. The normalized spacial score (nSPS) is 24.9. The van der Waals surface area contributed by atoms with E-state index in [1.54, 1.807) is 0 Å². The van der Waals surface area contributed by atoms with Gasteiger partial charge in [-0.2, -0.15) is 0 Å². The summed E-state index contributed by atoms with van der Waals surface area (Å²) >= 11 is 1.39. The second-order valence-electron chi connectivity index (χ2n) is 5.03.